The fourth-order valence-corrected chi connectivity index (χ4v) is 2.54. The SMILES string of the molecule is O=C(O)Cn1cc2cc(C3CCC(=O)NC3=O)ccc2n1. The van der Waals surface area contributed by atoms with Crippen LogP contribution in [0.15, 0.2) is 24.4 Å². The summed E-state index contributed by atoms with van der Waals surface area (Å²) in [7, 11) is 0. The number of piperidine rings is 1. The summed E-state index contributed by atoms with van der Waals surface area (Å²) in [6, 6.07) is 5.37. The normalized spacial score (nSPS) is 18.8. The van der Waals surface area contributed by atoms with Gasteiger partial charge in [-0.3, -0.25) is 24.4 Å². The highest BCUT2D eigenvalue weighted by Crippen LogP contribution is 2.27. The van der Waals surface area contributed by atoms with Gasteiger partial charge in [-0.1, -0.05) is 6.07 Å². The first-order valence-corrected chi connectivity index (χ1v) is 6.55. The summed E-state index contributed by atoms with van der Waals surface area (Å²) in [4.78, 5) is 33.7. The smallest absolute Gasteiger partial charge is 0.325 e. The molecule has 0 saturated carbocycles. The molecule has 1 aliphatic heterocycles. The van der Waals surface area contributed by atoms with E-state index in [9.17, 15) is 14.4 Å². The maximum atomic E-state index is 11.9. The van der Waals surface area contributed by atoms with Crippen LogP contribution in [0.4, 0.5) is 0 Å². The highest BCUT2D eigenvalue weighted by Gasteiger charge is 2.28. The number of imide groups is 1. The van der Waals surface area contributed by atoms with Crippen molar-refractivity contribution in [2.75, 3.05) is 0 Å². The molecule has 0 radical (unpaired) electrons. The van der Waals surface area contributed by atoms with Crippen LogP contribution in [-0.2, 0) is 20.9 Å². The molecule has 0 aliphatic carbocycles. The minimum Gasteiger partial charge on any atom is -0.480 e. The summed E-state index contributed by atoms with van der Waals surface area (Å²) < 4.78 is 1.35. The third-order valence-corrected chi connectivity index (χ3v) is 3.51. The summed E-state index contributed by atoms with van der Waals surface area (Å²) in [6.45, 7) is -0.206. The van der Waals surface area contributed by atoms with E-state index in [4.69, 9.17) is 5.11 Å². The number of hydrogen-bond acceptors (Lipinski definition) is 4. The summed E-state index contributed by atoms with van der Waals surface area (Å²) in [5, 5.41) is 16.0. The molecule has 2 heterocycles. The number of nitrogens with one attached hydrogen (secondary N) is 1. The minimum absolute atomic E-state index is 0.206. The Kier molecular flexibility index (Phi) is 3.17. The van der Waals surface area contributed by atoms with E-state index < -0.39 is 5.97 Å². The summed E-state index contributed by atoms with van der Waals surface area (Å²) >= 11 is 0. The number of carbonyl (C=O) groups excluding carboxylic acids is 2. The first-order chi connectivity index (χ1) is 10.0. The van der Waals surface area contributed by atoms with Crippen LogP contribution in [0.2, 0.25) is 0 Å². The van der Waals surface area contributed by atoms with Crippen LogP contribution in [-0.4, -0.2) is 32.7 Å². The number of fused-ring (bicyclic) bond motifs is 1. The van der Waals surface area contributed by atoms with Gasteiger partial charge in [-0.15, -0.1) is 0 Å². The Morgan fingerprint density at radius 1 is 1.43 bits per heavy atom. The predicted molar refractivity (Wildman–Crippen MR) is 72.5 cm³/mol. The van der Waals surface area contributed by atoms with Gasteiger partial charge in [0.25, 0.3) is 0 Å². The summed E-state index contributed by atoms with van der Waals surface area (Å²) in [6.07, 6.45) is 2.45. The molecule has 1 aromatic carbocycles. The van der Waals surface area contributed by atoms with Crippen LogP contribution in [0.3, 0.4) is 0 Å². The van der Waals surface area contributed by atoms with E-state index in [2.05, 4.69) is 10.4 Å². The second-order valence-electron chi connectivity index (χ2n) is 5.04. The number of carboxylic acid groups (broad SMARTS) is 1. The monoisotopic (exact) mass is 287 g/mol. The molecule has 3 rings (SSSR count). The van der Waals surface area contributed by atoms with Gasteiger partial charge in [0.05, 0.1) is 11.4 Å². The highest BCUT2D eigenvalue weighted by molar-refractivity contribution is 6.01. The molecular formula is C14H13N3O4. The molecule has 2 N–H and O–H groups in total. The van der Waals surface area contributed by atoms with Crippen LogP contribution in [0.1, 0.15) is 24.3 Å². The topological polar surface area (TPSA) is 101 Å². The van der Waals surface area contributed by atoms with Crippen molar-refractivity contribution in [2.24, 2.45) is 0 Å². The van der Waals surface area contributed by atoms with Gasteiger partial charge in [0.2, 0.25) is 11.8 Å². The van der Waals surface area contributed by atoms with Crippen molar-refractivity contribution in [3.63, 3.8) is 0 Å². The Labute approximate surface area is 119 Å². The van der Waals surface area contributed by atoms with Crippen molar-refractivity contribution in [1.29, 1.82) is 0 Å². The lowest BCUT2D eigenvalue weighted by molar-refractivity contribution is -0.138. The third kappa shape index (κ3) is 2.62. The number of benzene rings is 1. The number of rotatable bonds is 3. The number of hydrogen-bond donors (Lipinski definition) is 2. The number of carbonyl (C=O) groups is 3. The zero-order valence-electron chi connectivity index (χ0n) is 11.1. The Morgan fingerprint density at radius 3 is 2.95 bits per heavy atom. The first-order valence-electron chi connectivity index (χ1n) is 6.55. The van der Waals surface area contributed by atoms with Crippen molar-refractivity contribution < 1.29 is 19.5 Å². The van der Waals surface area contributed by atoms with E-state index >= 15 is 0 Å². The summed E-state index contributed by atoms with van der Waals surface area (Å²) in [5.74, 6) is -1.85. The largest absolute Gasteiger partial charge is 0.480 e. The lowest BCUT2D eigenvalue weighted by atomic mass is 9.90. The van der Waals surface area contributed by atoms with Gasteiger partial charge >= 0.3 is 5.97 Å². The maximum absolute atomic E-state index is 11.9. The molecule has 2 aromatic rings. The lowest BCUT2D eigenvalue weighted by Crippen LogP contribution is -2.39. The minimum atomic E-state index is -0.965. The zero-order valence-corrected chi connectivity index (χ0v) is 11.1. The zero-order chi connectivity index (χ0) is 15.0. The molecule has 1 aliphatic rings. The van der Waals surface area contributed by atoms with Gasteiger partial charge in [0.15, 0.2) is 0 Å². The molecule has 7 nitrogen and oxygen atoms in total. The molecule has 1 fully saturated rings. The molecular weight excluding hydrogens is 274 g/mol. The molecule has 1 aromatic heterocycles. The molecule has 0 bridgehead atoms. The van der Waals surface area contributed by atoms with Gasteiger partial charge in [-0.05, 0) is 24.1 Å². The van der Waals surface area contributed by atoms with Crippen molar-refractivity contribution in [2.45, 2.75) is 25.3 Å². The number of carboxylic acids is 1. The average Bonchev–Trinajstić information content (AvgIpc) is 2.78. The van der Waals surface area contributed by atoms with Gasteiger partial charge in [0.1, 0.15) is 6.54 Å². The Balaban J connectivity index is 1.91. The lowest BCUT2D eigenvalue weighted by Gasteiger charge is -2.20. The van der Waals surface area contributed by atoms with E-state index in [0.717, 1.165) is 10.9 Å². The van der Waals surface area contributed by atoms with Gasteiger partial charge in [-0.2, -0.15) is 5.10 Å². The fraction of sp³-hybridized carbons (Fsp3) is 0.286. The number of nitrogens with zero attached hydrogens (tertiary/aromatic N) is 2. The number of amides is 2. The standard InChI is InChI=1S/C14H13N3O4/c18-12-4-2-10(14(21)15-12)8-1-3-11-9(5-8)6-17(16-11)7-13(19)20/h1,3,5-6,10H,2,4,7H2,(H,19,20)(H,15,18,21). The van der Waals surface area contributed by atoms with Crippen LogP contribution >= 0.6 is 0 Å². The number of aromatic nitrogens is 2. The van der Waals surface area contributed by atoms with Crippen LogP contribution in [0.25, 0.3) is 10.9 Å². The maximum Gasteiger partial charge on any atom is 0.325 e. The molecule has 21 heavy (non-hydrogen) atoms. The van der Waals surface area contributed by atoms with E-state index in [1.807, 2.05) is 6.07 Å². The van der Waals surface area contributed by atoms with Gasteiger partial charge < -0.3 is 5.11 Å². The summed E-state index contributed by atoms with van der Waals surface area (Å²) in [5.41, 5.74) is 1.48. The Hall–Kier alpha value is -2.70. The van der Waals surface area contributed by atoms with Gasteiger partial charge in [-0.25, -0.2) is 0 Å². The van der Waals surface area contributed by atoms with E-state index in [0.29, 0.717) is 18.4 Å². The number of aliphatic carboxylic acids is 1. The van der Waals surface area contributed by atoms with Crippen molar-refractivity contribution in [1.82, 2.24) is 15.1 Å². The fourth-order valence-electron chi connectivity index (χ4n) is 2.54. The quantitative estimate of drug-likeness (QED) is 0.807. The highest BCUT2D eigenvalue weighted by atomic mass is 16.4. The molecule has 0 spiro atoms. The van der Waals surface area contributed by atoms with E-state index in [1.54, 1.807) is 18.3 Å². The Morgan fingerprint density at radius 2 is 2.24 bits per heavy atom. The predicted octanol–water partition coefficient (Wildman–Crippen LogP) is 0.641. The molecule has 1 saturated heterocycles. The van der Waals surface area contributed by atoms with Crippen molar-refractivity contribution >= 4 is 28.7 Å². The molecule has 1 atom stereocenters. The van der Waals surface area contributed by atoms with E-state index in [1.165, 1.54) is 4.68 Å². The van der Waals surface area contributed by atoms with E-state index in [-0.39, 0.29) is 24.3 Å². The van der Waals surface area contributed by atoms with Gasteiger partial charge in [0, 0.05) is 18.0 Å². The van der Waals surface area contributed by atoms with Crippen molar-refractivity contribution in [3.05, 3.63) is 30.0 Å². The van der Waals surface area contributed by atoms with Crippen molar-refractivity contribution in [3.8, 4) is 0 Å². The molecule has 1 unspecified atom stereocenters. The van der Waals surface area contributed by atoms with Crippen LogP contribution in [0, 0.1) is 0 Å². The third-order valence-electron chi connectivity index (χ3n) is 3.51. The average molecular weight is 287 g/mol. The van der Waals surface area contributed by atoms with Crippen LogP contribution in [0.5, 0.6) is 0 Å². The second kappa shape index (κ2) is 5.01. The molecule has 108 valence electrons. The van der Waals surface area contributed by atoms with Crippen LogP contribution < -0.4 is 5.32 Å². The molecule has 7 heteroatoms. The molecule has 2 amide bonds. The Bertz CT molecular complexity index is 750. The second-order valence-corrected chi connectivity index (χ2v) is 5.04. The first kappa shape index (κ1) is 13.3.